The van der Waals surface area contributed by atoms with Crippen LogP contribution in [0.1, 0.15) is 12.5 Å². The van der Waals surface area contributed by atoms with Gasteiger partial charge in [0.15, 0.2) is 11.4 Å². The Labute approximate surface area is 85.3 Å². The van der Waals surface area contributed by atoms with Crippen LogP contribution in [-0.2, 0) is 11.3 Å². The molecule has 0 fully saturated rings. The highest BCUT2D eigenvalue weighted by molar-refractivity contribution is 5.72. The summed E-state index contributed by atoms with van der Waals surface area (Å²) in [5.41, 5.74) is -0.328. The predicted octanol–water partition coefficient (Wildman–Crippen LogP) is 0.159. The number of carbonyl (C=O) groups excluding carboxylic acids is 1. The molecule has 82 valence electrons. The number of H-pyrrole nitrogens is 1. The van der Waals surface area contributed by atoms with E-state index in [1.807, 2.05) is 0 Å². The lowest BCUT2D eigenvalue weighted by Crippen LogP contribution is -2.24. The highest BCUT2D eigenvalue weighted by Crippen LogP contribution is 2.10. The average molecular weight is 214 g/mol. The second kappa shape index (κ2) is 4.59. The maximum Gasteiger partial charge on any atom is 0.217 e. The third-order valence-corrected chi connectivity index (χ3v) is 1.78. The van der Waals surface area contributed by atoms with Crippen LogP contribution in [0, 0.1) is 5.95 Å². The van der Waals surface area contributed by atoms with Crippen LogP contribution in [0.3, 0.4) is 0 Å². The third kappa shape index (κ3) is 2.80. The van der Waals surface area contributed by atoms with Crippen LogP contribution in [0.25, 0.3) is 0 Å². The van der Waals surface area contributed by atoms with Gasteiger partial charge in [-0.25, -0.2) is 0 Å². The summed E-state index contributed by atoms with van der Waals surface area (Å²) in [6.45, 7) is 1.33. The molecule has 1 aromatic rings. The van der Waals surface area contributed by atoms with Gasteiger partial charge in [-0.3, -0.25) is 9.59 Å². The van der Waals surface area contributed by atoms with Gasteiger partial charge in [0.2, 0.25) is 11.8 Å². The molecule has 2 N–H and O–H groups in total. The van der Waals surface area contributed by atoms with Crippen LogP contribution in [0.15, 0.2) is 10.9 Å². The van der Waals surface area contributed by atoms with Gasteiger partial charge in [-0.15, -0.1) is 0 Å². The lowest BCUT2D eigenvalue weighted by molar-refractivity contribution is -0.119. The number of nitrogens with one attached hydrogen (secondary N) is 2. The monoisotopic (exact) mass is 214 g/mol. The van der Waals surface area contributed by atoms with Crippen LogP contribution < -0.4 is 15.5 Å². The van der Waals surface area contributed by atoms with Crippen molar-refractivity contribution in [3.8, 4) is 5.88 Å². The van der Waals surface area contributed by atoms with Crippen molar-refractivity contribution in [1.29, 1.82) is 0 Å². The Bertz CT molecular complexity index is 428. The third-order valence-electron chi connectivity index (χ3n) is 1.78. The molecular weight excluding hydrogens is 203 g/mol. The number of rotatable bonds is 3. The van der Waals surface area contributed by atoms with Crippen molar-refractivity contribution >= 4 is 5.91 Å². The maximum atomic E-state index is 12.8. The van der Waals surface area contributed by atoms with Crippen molar-refractivity contribution < 1.29 is 13.9 Å². The van der Waals surface area contributed by atoms with Crippen LogP contribution in [-0.4, -0.2) is 18.0 Å². The number of methoxy groups -OCH3 is 1. The molecule has 15 heavy (non-hydrogen) atoms. The zero-order valence-corrected chi connectivity index (χ0v) is 8.39. The highest BCUT2D eigenvalue weighted by atomic mass is 19.1. The molecule has 0 atom stereocenters. The standard InChI is InChI=1S/C9H11FN2O3/c1-5(13)11-4-6-7(14)3-8(10)12-9(6)15-2/h3H,4H2,1-2H3,(H,11,13)(H,12,14). The molecule has 6 heteroatoms. The molecule has 1 amide bonds. The molecule has 0 aliphatic carbocycles. The summed E-state index contributed by atoms with van der Waals surface area (Å²) < 4.78 is 17.6. The smallest absolute Gasteiger partial charge is 0.217 e. The van der Waals surface area contributed by atoms with Gasteiger partial charge in [-0.05, 0) is 0 Å². The van der Waals surface area contributed by atoms with Gasteiger partial charge in [-0.2, -0.15) is 4.39 Å². The topological polar surface area (TPSA) is 71.2 Å². The van der Waals surface area contributed by atoms with Crippen LogP contribution in [0.2, 0.25) is 0 Å². The minimum absolute atomic E-state index is 0.00806. The first-order valence-corrected chi connectivity index (χ1v) is 4.24. The Kier molecular flexibility index (Phi) is 3.43. The minimum atomic E-state index is -0.775. The molecule has 1 heterocycles. The van der Waals surface area contributed by atoms with Gasteiger partial charge in [0.1, 0.15) is 0 Å². The number of ether oxygens (including phenoxy) is 1. The molecule has 0 radical (unpaired) electrons. The normalized spacial score (nSPS) is 9.80. The van der Waals surface area contributed by atoms with Crippen molar-refractivity contribution in [2.45, 2.75) is 13.5 Å². The van der Waals surface area contributed by atoms with E-state index in [2.05, 4.69) is 10.3 Å². The largest absolute Gasteiger partial charge is 0.482 e. The Morgan fingerprint density at radius 3 is 2.87 bits per heavy atom. The van der Waals surface area contributed by atoms with E-state index in [-0.39, 0.29) is 23.9 Å². The first-order chi connectivity index (χ1) is 7.04. The van der Waals surface area contributed by atoms with Crippen LogP contribution >= 0.6 is 0 Å². The second-order valence-corrected chi connectivity index (χ2v) is 2.90. The second-order valence-electron chi connectivity index (χ2n) is 2.90. The van der Waals surface area contributed by atoms with E-state index in [0.717, 1.165) is 6.07 Å². The number of amides is 1. The van der Waals surface area contributed by atoms with Gasteiger partial charge in [0.05, 0.1) is 19.2 Å². The first kappa shape index (κ1) is 11.2. The average Bonchev–Trinajstić information content (AvgIpc) is 2.14. The molecule has 0 saturated heterocycles. The zero-order valence-electron chi connectivity index (χ0n) is 8.39. The lowest BCUT2D eigenvalue weighted by atomic mass is 10.2. The van der Waals surface area contributed by atoms with E-state index in [1.54, 1.807) is 0 Å². The van der Waals surface area contributed by atoms with Gasteiger partial charge >= 0.3 is 0 Å². The first-order valence-electron chi connectivity index (χ1n) is 4.24. The Balaban J connectivity index is 3.04. The van der Waals surface area contributed by atoms with Crippen molar-refractivity contribution in [3.63, 3.8) is 0 Å². The highest BCUT2D eigenvalue weighted by Gasteiger charge is 2.10. The molecular formula is C9H11FN2O3. The van der Waals surface area contributed by atoms with E-state index >= 15 is 0 Å². The molecule has 0 saturated carbocycles. The van der Waals surface area contributed by atoms with Crippen molar-refractivity contribution in [2.75, 3.05) is 7.11 Å². The minimum Gasteiger partial charge on any atom is -0.482 e. The summed E-state index contributed by atoms with van der Waals surface area (Å²) in [5.74, 6) is -1.03. The van der Waals surface area contributed by atoms with E-state index in [1.165, 1.54) is 14.0 Å². The summed E-state index contributed by atoms with van der Waals surface area (Å²) in [7, 11) is 1.31. The summed E-state index contributed by atoms with van der Waals surface area (Å²) >= 11 is 0. The number of aromatic nitrogens is 1. The molecule has 0 aliphatic rings. The Morgan fingerprint density at radius 2 is 2.33 bits per heavy atom. The summed E-state index contributed by atoms with van der Waals surface area (Å²) in [4.78, 5) is 24.2. The molecule has 5 nitrogen and oxygen atoms in total. The van der Waals surface area contributed by atoms with Crippen LogP contribution in [0.5, 0.6) is 5.88 Å². The fourth-order valence-electron chi connectivity index (χ4n) is 1.09. The Morgan fingerprint density at radius 1 is 1.67 bits per heavy atom. The van der Waals surface area contributed by atoms with E-state index in [9.17, 15) is 14.0 Å². The predicted molar refractivity (Wildman–Crippen MR) is 51.1 cm³/mol. The van der Waals surface area contributed by atoms with Gasteiger partial charge < -0.3 is 15.0 Å². The molecule has 0 aromatic carbocycles. The van der Waals surface area contributed by atoms with Gasteiger partial charge in [-0.1, -0.05) is 0 Å². The summed E-state index contributed by atoms with van der Waals surface area (Å²) in [6, 6.07) is 0.805. The number of carbonyl (C=O) groups is 1. The van der Waals surface area contributed by atoms with E-state index in [0.29, 0.717) is 0 Å². The van der Waals surface area contributed by atoms with Gasteiger partial charge in [0.25, 0.3) is 0 Å². The van der Waals surface area contributed by atoms with Crippen molar-refractivity contribution in [2.24, 2.45) is 0 Å². The van der Waals surface area contributed by atoms with Crippen molar-refractivity contribution in [1.82, 2.24) is 10.3 Å². The lowest BCUT2D eigenvalue weighted by Gasteiger charge is -2.07. The molecule has 0 aliphatic heterocycles. The van der Waals surface area contributed by atoms with E-state index < -0.39 is 11.4 Å². The molecule has 0 bridgehead atoms. The quantitative estimate of drug-likeness (QED) is 0.704. The summed E-state index contributed by atoms with van der Waals surface area (Å²) in [6.07, 6.45) is 0. The Hall–Kier alpha value is -1.85. The molecule has 1 rings (SSSR count). The SMILES string of the molecule is COc1[nH]c(F)cc(=O)c1CNC(C)=O. The molecule has 1 aromatic heterocycles. The summed E-state index contributed by atoms with van der Waals surface area (Å²) in [5, 5.41) is 2.44. The van der Waals surface area contributed by atoms with E-state index in [4.69, 9.17) is 4.74 Å². The fraction of sp³-hybridized carbons (Fsp3) is 0.333. The fourth-order valence-corrected chi connectivity index (χ4v) is 1.09. The number of hydrogen-bond acceptors (Lipinski definition) is 3. The number of halogens is 1. The maximum absolute atomic E-state index is 12.8. The number of hydrogen-bond donors (Lipinski definition) is 2. The van der Waals surface area contributed by atoms with Crippen molar-refractivity contribution in [3.05, 3.63) is 27.8 Å². The number of aromatic amines is 1. The van der Waals surface area contributed by atoms with Crippen LogP contribution in [0.4, 0.5) is 4.39 Å². The zero-order chi connectivity index (χ0) is 11.4. The molecule has 0 unspecified atom stereocenters. The molecule has 0 spiro atoms. The van der Waals surface area contributed by atoms with Gasteiger partial charge in [0, 0.05) is 13.0 Å². The number of pyridine rings is 1.